The lowest BCUT2D eigenvalue weighted by Crippen LogP contribution is -1.88. The summed E-state index contributed by atoms with van der Waals surface area (Å²) in [4.78, 5) is 5.01. The van der Waals surface area contributed by atoms with E-state index in [1.54, 1.807) is 36.2 Å². The van der Waals surface area contributed by atoms with Gasteiger partial charge in [-0.1, -0.05) is 17.7 Å². The van der Waals surface area contributed by atoms with Gasteiger partial charge in [0.25, 0.3) is 0 Å². The maximum atomic E-state index is 12.9. The lowest BCUT2D eigenvalue weighted by atomic mass is 10.2. The number of pyridine rings is 1. The summed E-state index contributed by atoms with van der Waals surface area (Å²) in [5.74, 6) is 0.819. The molecule has 1 aromatic heterocycles. The number of rotatable bonds is 3. The van der Waals surface area contributed by atoms with E-state index in [1.165, 1.54) is 6.07 Å². The van der Waals surface area contributed by atoms with Crippen LogP contribution in [0.25, 0.3) is 0 Å². The van der Waals surface area contributed by atoms with E-state index < -0.39 is 5.82 Å². The molecule has 1 aromatic carbocycles. The molecular formula is C12H10ClFN2S. The van der Waals surface area contributed by atoms with Crippen LogP contribution in [0, 0.1) is 5.82 Å². The predicted octanol–water partition coefficient (Wildman–Crippen LogP) is 3.75. The number of nitrogens with zero attached hydrogens (tertiary/aromatic N) is 1. The molecule has 0 spiro atoms. The summed E-state index contributed by atoms with van der Waals surface area (Å²) in [5.41, 5.74) is 6.46. The molecule has 2 nitrogen and oxygen atoms in total. The molecule has 0 saturated heterocycles. The van der Waals surface area contributed by atoms with Crippen LogP contribution in [0.1, 0.15) is 5.56 Å². The molecule has 0 radical (unpaired) electrons. The van der Waals surface area contributed by atoms with Crippen LogP contribution in [0.15, 0.2) is 41.4 Å². The quantitative estimate of drug-likeness (QED) is 0.862. The van der Waals surface area contributed by atoms with Crippen molar-refractivity contribution < 1.29 is 4.39 Å². The number of halogens is 2. The second kappa shape index (κ2) is 5.38. The van der Waals surface area contributed by atoms with Crippen LogP contribution in [0.4, 0.5) is 10.2 Å². The average Bonchev–Trinajstić information content (AvgIpc) is 2.33. The minimum Gasteiger partial charge on any atom is -0.384 e. The average molecular weight is 269 g/mol. The standard InChI is InChI=1S/C12H10ClFN2S/c13-10-5-8(1-3-11(10)14)7-17-9-2-4-12(15)16-6-9/h1-6H,7H2,(H2,15,16). The summed E-state index contributed by atoms with van der Waals surface area (Å²) in [7, 11) is 0. The van der Waals surface area contributed by atoms with Crippen molar-refractivity contribution in [1.29, 1.82) is 0 Å². The van der Waals surface area contributed by atoms with Crippen molar-refractivity contribution in [2.24, 2.45) is 0 Å². The molecule has 17 heavy (non-hydrogen) atoms. The van der Waals surface area contributed by atoms with E-state index in [2.05, 4.69) is 4.98 Å². The molecule has 0 aliphatic heterocycles. The summed E-state index contributed by atoms with van der Waals surface area (Å²) < 4.78 is 12.9. The molecule has 0 saturated carbocycles. The van der Waals surface area contributed by atoms with Gasteiger partial charge in [0.15, 0.2) is 0 Å². The van der Waals surface area contributed by atoms with E-state index in [-0.39, 0.29) is 5.02 Å². The lowest BCUT2D eigenvalue weighted by Gasteiger charge is -2.03. The first-order valence-corrected chi connectivity index (χ1v) is 6.30. The Morgan fingerprint density at radius 1 is 1.29 bits per heavy atom. The van der Waals surface area contributed by atoms with Gasteiger partial charge in [0.2, 0.25) is 0 Å². The zero-order valence-corrected chi connectivity index (χ0v) is 10.4. The summed E-state index contributed by atoms with van der Waals surface area (Å²) >= 11 is 7.30. The number of nitrogens with two attached hydrogens (primary N) is 1. The van der Waals surface area contributed by atoms with Crippen molar-refractivity contribution in [3.8, 4) is 0 Å². The van der Waals surface area contributed by atoms with Gasteiger partial charge in [-0.3, -0.25) is 0 Å². The summed E-state index contributed by atoms with van der Waals surface area (Å²) in [6, 6.07) is 8.38. The van der Waals surface area contributed by atoms with Gasteiger partial charge in [0.1, 0.15) is 11.6 Å². The number of benzene rings is 1. The molecule has 0 fully saturated rings. The molecule has 0 aliphatic rings. The van der Waals surface area contributed by atoms with Crippen LogP contribution in [0.5, 0.6) is 0 Å². The molecule has 88 valence electrons. The Kier molecular flexibility index (Phi) is 3.86. The molecule has 0 atom stereocenters. The van der Waals surface area contributed by atoms with Gasteiger partial charge in [-0.05, 0) is 29.8 Å². The number of hydrogen-bond acceptors (Lipinski definition) is 3. The second-order valence-corrected chi connectivity index (χ2v) is 4.91. The monoisotopic (exact) mass is 268 g/mol. The lowest BCUT2D eigenvalue weighted by molar-refractivity contribution is 0.628. The zero-order valence-electron chi connectivity index (χ0n) is 8.86. The fraction of sp³-hybridized carbons (Fsp3) is 0.0833. The minimum absolute atomic E-state index is 0.151. The summed E-state index contributed by atoms with van der Waals surface area (Å²) in [6.07, 6.45) is 1.71. The maximum Gasteiger partial charge on any atom is 0.141 e. The van der Waals surface area contributed by atoms with Crippen LogP contribution in [0.3, 0.4) is 0 Å². The molecule has 5 heteroatoms. The number of hydrogen-bond donors (Lipinski definition) is 1. The highest BCUT2D eigenvalue weighted by molar-refractivity contribution is 7.98. The maximum absolute atomic E-state index is 12.9. The number of nitrogen functional groups attached to an aromatic ring is 1. The number of aromatic nitrogens is 1. The highest BCUT2D eigenvalue weighted by Crippen LogP contribution is 2.24. The Balaban J connectivity index is 2.02. The van der Waals surface area contributed by atoms with Gasteiger partial charge in [-0.2, -0.15) is 0 Å². The van der Waals surface area contributed by atoms with Crippen molar-refractivity contribution in [2.45, 2.75) is 10.6 Å². The summed E-state index contributed by atoms with van der Waals surface area (Å²) in [6.45, 7) is 0. The van der Waals surface area contributed by atoms with Crippen LogP contribution in [-0.4, -0.2) is 4.98 Å². The van der Waals surface area contributed by atoms with Crippen molar-refractivity contribution >= 4 is 29.2 Å². The molecule has 0 aliphatic carbocycles. The molecule has 2 N–H and O–H groups in total. The van der Waals surface area contributed by atoms with Crippen molar-refractivity contribution in [1.82, 2.24) is 4.98 Å². The number of thioether (sulfide) groups is 1. The topological polar surface area (TPSA) is 38.9 Å². The molecule has 0 unspecified atom stereocenters. The highest BCUT2D eigenvalue weighted by atomic mass is 35.5. The molecule has 2 aromatic rings. The van der Waals surface area contributed by atoms with Crippen molar-refractivity contribution in [3.05, 3.63) is 52.9 Å². The molecule has 0 bridgehead atoms. The highest BCUT2D eigenvalue weighted by Gasteiger charge is 2.02. The van der Waals surface area contributed by atoms with Gasteiger partial charge in [-0.15, -0.1) is 11.8 Å². The van der Waals surface area contributed by atoms with E-state index in [1.807, 2.05) is 6.07 Å². The van der Waals surface area contributed by atoms with Gasteiger partial charge in [0.05, 0.1) is 5.02 Å². The second-order valence-electron chi connectivity index (χ2n) is 3.46. The Morgan fingerprint density at radius 2 is 2.12 bits per heavy atom. The Morgan fingerprint density at radius 3 is 2.76 bits per heavy atom. The Bertz CT molecular complexity index is 516. The first-order valence-electron chi connectivity index (χ1n) is 4.93. The van der Waals surface area contributed by atoms with Gasteiger partial charge in [0, 0.05) is 16.8 Å². The fourth-order valence-electron chi connectivity index (χ4n) is 1.27. The molecule has 1 heterocycles. The van der Waals surface area contributed by atoms with Gasteiger partial charge < -0.3 is 5.73 Å². The zero-order chi connectivity index (χ0) is 12.3. The van der Waals surface area contributed by atoms with Crippen LogP contribution in [0.2, 0.25) is 5.02 Å². The fourth-order valence-corrected chi connectivity index (χ4v) is 2.28. The summed E-state index contributed by atoms with van der Waals surface area (Å²) in [5, 5.41) is 0.151. The normalized spacial score (nSPS) is 10.5. The third-order valence-corrected chi connectivity index (χ3v) is 3.49. The van der Waals surface area contributed by atoms with E-state index >= 15 is 0 Å². The van der Waals surface area contributed by atoms with Crippen molar-refractivity contribution in [2.75, 3.05) is 5.73 Å². The van der Waals surface area contributed by atoms with Gasteiger partial charge >= 0.3 is 0 Å². The largest absolute Gasteiger partial charge is 0.384 e. The molecule has 2 rings (SSSR count). The smallest absolute Gasteiger partial charge is 0.141 e. The minimum atomic E-state index is -0.394. The van der Waals surface area contributed by atoms with Crippen LogP contribution in [-0.2, 0) is 5.75 Å². The molecular weight excluding hydrogens is 259 g/mol. The van der Waals surface area contributed by atoms with E-state index in [4.69, 9.17) is 17.3 Å². The SMILES string of the molecule is Nc1ccc(SCc2ccc(F)c(Cl)c2)cn1. The first-order chi connectivity index (χ1) is 8.15. The first kappa shape index (κ1) is 12.2. The van der Waals surface area contributed by atoms with Gasteiger partial charge in [-0.25, -0.2) is 9.37 Å². The van der Waals surface area contributed by atoms with E-state index in [0.717, 1.165) is 10.5 Å². The van der Waals surface area contributed by atoms with Crippen LogP contribution < -0.4 is 5.73 Å². The number of anilines is 1. The third kappa shape index (κ3) is 3.35. The van der Waals surface area contributed by atoms with E-state index in [9.17, 15) is 4.39 Å². The predicted molar refractivity (Wildman–Crippen MR) is 69.6 cm³/mol. The Hall–Kier alpha value is -1.26. The molecule has 0 amide bonds. The van der Waals surface area contributed by atoms with E-state index in [0.29, 0.717) is 11.6 Å². The third-order valence-electron chi connectivity index (χ3n) is 2.15. The van der Waals surface area contributed by atoms with Crippen LogP contribution >= 0.6 is 23.4 Å². The Labute approximate surface area is 108 Å². The van der Waals surface area contributed by atoms with Crippen molar-refractivity contribution in [3.63, 3.8) is 0 Å².